The van der Waals surface area contributed by atoms with E-state index in [1.54, 1.807) is 0 Å². The van der Waals surface area contributed by atoms with Gasteiger partial charge in [-0.2, -0.15) is 5.21 Å². The number of ether oxygens (including phenoxy) is 1. The van der Waals surface area contributed by atoms with Crippen molar-refractivity contribution in [1.29, 1.82) is 0 Å². The van der Waals surface area contributed by atoms with Gasteiger partial charge in [0.15, 0.2) is 0 Å². The van der Waals surface area contributed by atoms with E-state index in [4.69, 9.17) is 4.74 Å². The van der Waals surface area contributed by atoms with Gasteiger partial charge in [-0.1, -0.05) is 0 Å². The number of halogens is 2. The largest absolute Gasteiger partial charge is 0.457 e. The van der Waals surface area contributed by atoms with Crippen LogP contribution in [0.25, 0.3) is 11.4 Å². The molecular weight excluding hydrogens is 312 g/mol. The summed E-state index contributed by atoms with van der Waals surface area (Å²) in [5, 5.41) is 24.0. The van der Waals surface area contributed by atoms with Crippen LogP contribution >= 0.6 is 0 Å². The summed E-state index contributed by atoms with van der Waals surface area (Å²) in [6.07, 6.45) is 0. The normalized spacial score (nSPS) is 10.5. The van der Waals surface area contributed by atoms with Crippen LogP contribution in [0.2, 0.25) is 0 Å². The van der Waals surface area contributed by atoms with Crippen LogP contribution in [0.3, 0.4) is 0 Å². The Balaban J connectivity index is 2.02. The van der Waals surface area contributed by atoms with Crippen molar-refractivity contribution in [3.05, 3.63) is 58.1 Å². The Labute approximate surface area is 126 Å². The van der Waals surface area contributed by atoms with Gasteiger partial charge in [0.2, 0.25) is 5.82 Å². The summed E-state index contributed by atoms with van der Waals surface area (Å²) in [6, 6.07) is 6.33. The molecule has 0 unspecified atom stereocenters. The highest BCUT2D eigenvalue weighted by atomic mass is 19.1. The van der Waals surface area contributed by atoms with Gasteiger partial charge < -0.3 is 4.74 Å². The van der Waals surface area contributed by atoms with E-state index < -0.39 is 16.6 Å². The molecule has 10 heteroatoms. The maximum absolute atomic E-state index is 13.2. The first-order valence-electron chi connectivity index (χ1n) is 6.18. The third kappa shape index (κ3) is 3.26. The number of benzene rings is 2. The number of non-ortho nitro benzene ring substituents is 1. The molecule has 116 valence electrons. The van der Waals surface area contributed by atoms with E-state index in [1.807, 2.05) is 0 Å². The molecule has 0 saturated carbocycles. The fraction of sp³-hybridized carbons (Fsp3) is 0. The molecule has 3 aromatic rings. The summed E-state index contributed by atoms with van der Waals surface area (Å²) < 4.78 is 31.7. The summed E-state index contributed by atoms with van der Waals surface area (Å²) in [5.74, 6) is -1.68. The fourth-order valence-electron chi connectivity index (χ4n) is 1.88. The predicted molar refractivity (Wildman–Crippen MR) is 72.7 cm³/mol. The predicted octanol–water partition coefficient (Wildman–Crippen LogP) is 2.85. The zero-order valence-electron chi connectivity index (χ0n) is 11.2. The summed E-state index contributed by atoms with van der Waals surface area (Å²) in [6.45, 7) is 0. The van der Waals surface area contributed by atoms with Gasteiger partial charge in [0, 0.05) is 29.8 Å². The van der Waals surface area contributed by atoms with Gasteiger partial charge in [0.1, 0.15) is 23.1 Å². The minimum Gasteiger partial charge on any atom is -0.457 e. The number of rotatable bonds is 4. The lowest BCUT2D eigenvalue weighted by atomic mass is 10.2. The highest BCUT2D eigenvalue weighted by Crippen LogP contribution is 2.31. The van der Waals surface area contributed by atoms with Crippen molar-refractivity contribution in [1.82, 2.24) is 20.6 Å². The molecule has 23 heavy (non-hydrogen) atoms. The fourth-order valence-corrected chi connectivity index (χ4v) is 1.88. The second kappa shape index (κ2) is 5.75. The minimum atomic E-state index is -0.830. The average Bonchev–Trinajstić information content (AvgIpc) is 2.99. The number of nitro benzene ring substituents is 1. The summed E-state index contributed by atoms with van der Waals surface area (Å²) >= 11 is 0. The zero-order valence-corrected chi connectivity index (χ0v) is 11.2. The lowest BCUT2D eigenvalue weighted by molar-refractivity contribution is -0.384. The molecule has 1 heterocycles. The van der Waals surface area contributed by atoms with Gasteiger partial charge in [-0.05, 0) is 11.3 Å². The number of nitrogens with zero attached hydrogens (tertiary/aromatic N) is 4. The molecule has 8 nitrogen and oxygen atoms in total. The Morgan fingerprint density at radius 2 is 1.74 bits per heavy atom. The van der Waals surface area contributed by atoms with Gasteiger partial charge >= 0.3 is 0 Å². The van der Waals surface area contributed by atoms with Gasteiger partial charge in [0.25, 0.3) is 5.69 Å². The number of hydrogen-bond acceptors (Lipinski definition) is 6. The molecule has 1 N–H and O–H groups in total. The van der Waals surface area contributed by atoms with Crippen molar-refractivity contribution in [2.45, 2.75) is 0 Å². The Hall–Kier alpha value is -3.43. The standard InChI is InChI=1S/C13H7F2N5O3/c14-8-3-9(15)5-12(4-8)23-11-2-7(13-16-18-19-17-13)1-10(6-11)20(21)22/h1-6H,(H,16,17,18,19). The highest BCUT2D eigenvalue weighted by molar-refractivity contribution is 5.62. The van der Waals surface area contributed by atoms with Crippen molar-refractivity contribution >= 4 is 5.69 Å². The number of H-pyrrole nitrogens is 1. The lowest BCUT2D eigenvalue weighted by Gasteiger charge is -2.07. The second-order valence-electron chi connectivity index (χ2n) is 4.42. The van der Waals surface area contributed by atoms with E-state index in [0.717, 1.165) is 18.2 Å². The summed E-state index contributed by atoms with van der Waals surface area (Å²) in [5.41, 5.74) is -0.0287. The maximum Gasteiger partial charge on any atom is 0.273 e. The van der Waals surface area contributed by atoms with Crippen molar-refractivity contribution in [3.63, 3.8) is 0 Å². The van der Waals surface area contributed by atoms with Crippen LogP contribution in [0.4, 0.5) is 14.5 Å². The van der Waals surface area contributed by atoms with E-state index >= 15 is 0 Å². The molecule has 0 atom stereocenters. The first-order valence-corrected chi connectivity index (χ1v) is 6.18. The van der Waals surface area contributed by atoms with Crippen LogP contribution in [0.5, 0.6) is 11.5 Å². The van der Waals surface area contributed by atoms with E-state index in [0.29, 0.717) is 6.07 Å². The van der Waals surface area contributed by atoms with Gasteiger partial charge in [-0.25, -0.2) is 8.78 Å². The molecule has 0 radical (unpaired) electrons. The second-order valence-corrected chi connectivity index (χ2v) is 4.42. The zero-order chi connectivity index (χ0) is 16.4. The Kier molecular flexibility index (Phi) is 3.63. The van der Waals surface area contributed by atoms with Crippen LogP contribution in [0.1, 0.15) is 0 Å². The Morgan fingerprint density at radius 3 is 2.35 bits per heavy atom. The third-order valence-electron chi connectivity index (χ3n) is 2.78. The molecule has 0 aliphatic heterocycles. The first kappa shape index (κ1) is 14.5. The first-order chi connectivity index (χ1) is 11.0. The van der Waals surface area contributed by atoms with Crippen LogP contribution < -0.4 is 4.74 Å². The molecule has 0 saturated heterocycles. The van der Waals surface area contributed by atoms with Crippen LogP contribution in [-0.4, -0.2) is 25.5 Å². The average molecular weight is 319 g/mol. The molecular formula is C13H7F2N5O3. The SMILES string of the molecule is O=[N+]([O-])c1cc(Oc2cc(F)cc(F)c2)cc(-c2nn[nH]n2)c1. The summed E-state index contributed by atoms with van der Waals surface area (Å²) in [4.78, 5) is 10.4. The highest BCUT2D eigenvalue weighted by Gasteiger charge is 2.15. The Bertz CT molecular complexity index is 850. The molecule has 0 aliphatic rings. The molecule has 0 amide bonds. The van der Waals surface area contributed by atoms with E-state index in [-0.39, 0.29) is 28.6 Å². The van der Waals surface area contributed by atoms with Gasteiger partial charge in [-0.15, -0.1) is 10.2 Å². The van der Waals surface area contributed by atoms with Crippen molar-refractivity contribution in [2.24, 2.45) is 0 Å². The van der Waals surface area contributed by atoms with Crippen molar-refractivity contribution in [2.75, 3.05) is 0 Å². The van der Waals surface area contributed by atoms with E-state index in [9.17, 15) is 18.9 Å². The van der Waals surface area contributed by atoms with Crippen molar-refractivity contribution in [3.8, 4) is 22.9 Å². The summed E-state index contributed by atoms with van der Waals surface area (Å²) in [7, 11) is 0. The van der Waals surface area contributed by atoms with E-state index in [1.165, 1.54) is 12.1 Å². The molecule has 3 rings (SSSR count). The quantitative estimate of drug-likeness (QED) is 0.585. The lowest BCUT2D eigenvalue weighted by Crippen LogP contribution is -1.93. The van der Waals surface area contributed by atoms with Gasteiger partial charge in [-0.3, -0.25) is 10.1 Å². The van der Waals surface area contributed by atoms with Crippen LogP contribution in [-0.2, 0) is 0 Å². The third-order valence-corrected chi connectivity index (χ3v) is 2.78. The number of aromatic amines is 1. The van der Waals surface area contributed by atoms with Crippen LogP contribution in [0.15, 0.2) is 36.4 Å². The number of nitro groups is 1. The number of aromatic nitrogens is 4. The van der Waals surface area contributed by atoms with E-state index in [2.05, 4.69) is 20.6 Å². The minimum absolute atomic E-state index is 0.00370. The topological polar surface area (TPSA) is 107 Å². The van der Waals surface area contributed by atoms with Crippen LogP contribution in [0, 0.1) is 21.7 Å². The van der Waals surface area contributed by atoms with Crippen molar-refractivity contribution < 1.29 is 18.4 Å². The molecule has 0 aliphatic carbocycles. The molecule has 1 aromatic heterocycles. The number of hydrogen-bond donors (Lipinski definition) is 1. The maximum atomic E-state index is 13.2. The monoisotopic (exact) mass is 319 g/mol. The smallest absolute Gasteiger partial charge is 0.273 e. The molecule has 0 fully saturated rings. The van der Waals surface area contributed by atoms with Gasteiger partial charge in [0.05, 0.1) is 11.0 Å². The Morgan fingerprint density at radius 1 is 1.04 bits per heavy atom. The molecule has 2 aromatic carbocycles. The number of nitrogens with one attached hydrogen (secondary N) is 1. The molecule has 0 spiro atoms. The number of tetrazole rings is 1. The molecule has 0 bridgehead atoms.